The van der Waals surface area contributed by atoms with Crippen molar-refractivity contribution < 1.29 is 0 Å². The van der Waals surface area contributed by atoms with E-state index < -0.39 is 0 Å². The molecule has 2 heterocycles. The highest BCUT2D eigenvalue weighted by atomic mass is 32.2. The van der Waals surface area contributed by atoms with Gasteiger partial charge < -0.3 is 4.57 Å². The molecule has 0 saturated carbocycles. The van der Waals surface area contributed by atoms with Crippen LogP contribution < -0.4 is 0 Å². The molecule has 0 atom stereocenters. The zero-order valence-corrected chi connectivity index (χ0v) is 28.5. The summed E-state index contributed by atoms with van der Waals surface area (Å²) in [4.78, 5) is 12.7. The molecule has 0 spiro atoms. The van der Waals surface area contributed by atoms with Crippen molar-refractivity contribution in [2.24, 2.45) is 0 Å². The van der Waals surface area contributed by atoms with Crippen molar-refractivity contribution in [3.8, 4) is 39.6 Å². The molecule has 0 aliphatic carbocycles. The fourth-order valence-corrected chi connectivity index (χ4v) is 7.34. The summed E-state index contributed by atoms with van der Waals surface area (Å²) < 4.78 is 2.40. The van der Waals surface area contributed by atoms with Gasteiger partial charge in [-0.1, -0.05) is 141 Å². The topological polar surface area (TPSA) is 30.7 Å². The second-order valence-corrected chi connectivity index (χ2v) is 12.6. The van der Waals surface area contributed by atoms with E-state index in [1.165, 1.54) is 42.7 Å². The number of rotatable bonds is 6. The lowest BCUT2D eigenvalue weighted by molar-refractivity contribution is 1.16. The molecular formula is C44H37N3S. The van der Waals surface area contributed by atoms with Crippen LogP contribution in [0.1, 0.15) is 25.0 Å². The van der Waals surface area contributed by atoms with Crippen molar-refractivity contribution in [2.75, 3.05) is 0 Å². The van der Waals surface area contributed by atoms with E-state index in [2.05, 4.69) is 146 Å². The Morgan fingerprint density at radius 1 is 0.500 bits per heavy atom. The Kier molecular flexibility index (Phi) is 8.91. The van der Waals surface area contributed by atoms with E-state index in [4.69, 9.17) is 9.97 Å². The number of hydrogen-bond acceptors (Lipinski definition) is 3. The van der Waals surface area contributed by atoms with Crippen LogP contribution in [-0.4, -0.2) is 14.5 Å². The van der Waals surface area contributed by atoms with Crippen molar-refractivity contribution in [3.63, 3.8) is 0 Å². The summed E-state index contributed by atoms with van der Waals surface area (Å²) >= 11 is 1.86. The predicted octanol–water partition coefficient (Wildman–Crippen LogP) is 12.4. The molecule has 0 N–H and O–H groups in total. The van der Waals surface area contributed by atoms with E-state index in [0.717, 1.165) is 33.8 Å². The summed E-state index contributed by atoms with van der Waals surface area (Å²) in [6, 6.07) is 53.3. The Balaban J connectivity index is 0.00000179. The molecule has 6 aromatic carbocycles. The molecule has 2 aromatic heterocycles. The highest BCUT2D eigenvalue weighted by Crippen LogP contribution is 2.43. The standard InChI is InChI=1S/C42H31N3S.C2H6/c1-28-14-9-12-23-39(28)46-41-29(2)24-25-38-40(41)34-21-10-11-22-37(34)45(38)33-20-13-19-32(26-33)36-27-35(30-15-5-3-6-16-30)43-42(44-36)31-17-7-4-8-18-31;1-2/h3-27H,1-2H3;1-2H3. The first-order valence-electron chi connectivity index (χ1n) is 16.5. The Morgan fingerprint density at radius 2 is 1.12 bits per heavy atom. The molecule has 4 heteroatoms. The molecule has 0 aliphatic rings. The van der Waals surface area contributed by atoms with Crippen LogP contribution in [0.15, 0.2) is 161 Å². The zero-order chi connectivity index (χ0) is 33.0. The summed E-state index contributed by atoms with van der Waals surface area (Å²) in [5.74, 6) is 0.715. The molecule has 0 saturated heterocycles. The normalized spacial score (nSPS) is 11.0. The van der Waals surface area contributed by atoms with Gasteiger partial charge in [-0.3, -0.25) is 0 Å². The molecule has 0 bridgehead atoms. The average molecular weight is 640 g/mol. The number of benzene rings is 6. The molecule has 234 valence electrons. The summed E-state index contributed by atoms with van der Waals surface area (Å²) in [5, 5.41) is 2.54. The SMILES string of the molecule is CC.Cc1ccccc1Sc1c(C)ccc2c1c1ccccc1n2-c1cccc(-c2cc(-c3ccccc3)nc(-c3ccccc3)n2)c1. The second-order valence-electron chi connectivity index (χ2n) is 11.6. The van der Waals surface area contributed by atoms with E-state index in [1.807, 2.05) is 49.9 Å². The predicted molar refractivity (Wildman–Crippen MR) is 204 cm³/mol. The summed E-state index contributed by atoms with van der Waals surface area (Å²) in [7, 11) is 0. The van der Waals surface area contributed by atoms with E-state index >= 15 is 0 Å². The minimum atomic E-state index is 0.715. The maximum atomic E-state index is 5.10. The second kappa shape index (κ2) is 13.7. The lowest BCUT2D eigenvalue weighted by Crippen LogP contribution is -1.98. The van der Waals surface area contributed by atoms with Crippen LogP contribution in [0, 0.1) is 13.8 Å². The first-order chi connectivity index (χ1) is 23.6. The monoisotopic (exact) mass is 639 g/mol. The number of fused-ring (bicyclic) bond motifs is 3. The Bertz CT molecular complexity index is 2300. The van der Waals surface area contributed by atoms with Crippen LogP contribution in [0.2, 0.25) is 0 Å². The van der Waals surface area contributed by atoms with Crippen LogP contribution in [-0.2, 0) is 0 Å². The van der Waals surface area contributed by atoms with Gasteiger partial charge in [0, 0.05) is 42.9 Å². The Labute approximate surface area is 287 Å². The average Bonchev–Trinajstić information content (AvgIpc) is 3.49. The summed E-state index contributed by atoms with van der Waals surface area (Å²) in [6.45, 7) is 8.41. The minimum absolute atomic E-state index is 0.715. The van der Waals surface area contributed by atoms with Gasteiger partial charge in [0.1, 0.15) is 0 Å². The van der Waals surface area contributed by atoms with Gasteiger partial charge in [-0.25, -0.2) is 9.97 Å². The van der Waals surface area contributed by atoms with Crippen LogP contribution in [0.25, 0.3) is 61.4 Å². The first-order valence-corrected chi connectivity index (χ1v) is 17.3. The molecule has 8 aromatic rings. The van der Waals surface area contributed by atoms with Gasteiger partial charge in [-0.2, -0.15) is 0 Å². The van der Waals surface area contributed by atoms with Crippen molar-refractivity contribution in [2.45, 2.75) is 37.5 Å². The van der Waals surface area contributed by atoms with Gasteiger partial charge in [0.25, 0.3) is 0 Å². The summed E-state index contributed by atoms with van der Waals surface area (Å²) in [6.07, 6.45) is 0. The van der Waals surface area contributed by atoms with Crippen LogP contribution in [0.4, 0.5) is 0 Å². The first kappa shape index (κ1) is 31.2. The third-order valence-electron chi connectivity index (χ3n) is 8.52. The largest absolute Gasteiger partial charge is 0.309 e. The third kappa shape index (κ3) is 5.92. The molecule has 0 fully saturated rings. The van der Waals surface area contributed by atoms with Gasteiger partial charge in [0.15, 0.2) is 5.82 Å². The van der Waals surface area contributed by atoms with E-state index in [1.54, 1.807) is 0 Å². The molecule has 3 nitrogen and oxygen atoms in total. The Hall–Kier alpha value is -5.45. The summed E-state index contributed by atoms with van der Waals surface area (Å²) in [5.41, 5.74) is 10.9. The maximum absolute atomic E-state index is 5.10. The molecule has 0 radical (unpaired) electrons. The maximum Gasteiger partial charge on any atom is 0.160 e. The number of aryl methyl sites for hydroxylation is 2. The van der Waals surface area contributed by atoms with E-state index in [0.29, 0.717) is 5.82 Å². The number of aromatic nitrogens is 3. The van der Waals surface area contributed by atoms with Gasteiger partial charge in [-0.05, 0) is 61.4 Å². The molecule has 0 amide bonds. The lowest BCUT2D eigenvalue weighted by Gasteiger charge is -2.13. The zero-order valence-electron chi connectivity index (χ0n) is 27.7. The molecule has 48 heavy (non-hydrogen) atoms. The van der Waals surface area contributed by atoms with Crippen molar-refractivity contribution in [1.82, 2.24) is 14.5 Å². The fraction of sp³-hybridized carbons (Fsp3) is 0.0909. The van der Waals surface area contributed by atoms with Crippen LogP contribution in [0.5, 0.6) is 0 Å². The van der Waals surface area contributed by atoms with Gasteiger partial charge in [0.2, 0.25) is 0 Å². The molecule has 0 unspecified atom stereocenters. The van der Waals surface area contributed by atoms with E-state index in [-0.39, 0.29) is 0 Å². The van der Waals surface area contributed by atoms with Crippen LogP contribution >= 0.6 is 11.8 Å². The minimum Gasteiger partial charge on any atom is -0.309 e. The molecule has 0 aliphatic heterocycles. The highest BCUT2D eigenvalue weighted by Gasteiger charge is 2.19. The van der Waals surface area contributed by atoms with Crippen molar-refractivity contribution >= 4 is 33.6 Å². The smallest absolute Gasteiger partial charge is 0.160 e. The Morgan fingerprint density at radius 3 is 1.88 bits per heavy atom. The van der Waals surface area contributed by atoms with Gasteiger partial charge >= 0.3 is 0 Å². The van der Waals surface area contributed by atoms with E-state index in [9.17, 15) is 0 Å². The lowest BCUT2D eigenvalue weighted by atomic mass is 10.1. The molecular weight excluding hydrogens is 603 g/mol. The number of hydrogen-bond donors (Lipinski definition) is 0. The number of para-hydroxylation sites is 1. The van der Waals surface area contributed by atoms with Gasteiger partial charge in [0.05, 0.1) is 22.4 Å². The highest BCUT2D eigenvalue weighted by molar-refractivity contribution is 7.99. The quantitative estimate of drug-likeness (QED) is 0.181. The fourth-order valence-electron chi connectivity index (χ4n) is 6.20. The van der Waals surface area contributed by atoms with Crippen molar-refractivity contribution in [1.29, 1.82) is 0 Å². The molecule has 8 rings (SSSR count). The number of nitrogens with zero attached hydrogens (tertiary/aromatic N) is 3. The third-order valence-corrected chi connectivity index (χ3v) is 9.93. The van der Waals surface area contributed by atoms with Gasteiger partial charge in [-0.15, -0.1) is 0 Å². The van der Waals surface area contributed by atoms with Crippen molar-refractivity contribution in [3.05, 3.63) is 163 Å². The van der Waals surface area contributed by atoms with Crippen LogP contribution in [0.3, 0.4) is 0 Å².